The third kappa shape index (κ3) is 46.8. The van der Waals surface area contributed by atoms with E-state index in [0.717, 1.165) is 12.8 Å². The van der Waals surface area contributed by atoms with Gasteiger partial charge in [0.2, 0.25) is 0 Å². The quantitative estimate of drug-likeness (QED) is 0.0820. The maximum atomic E-state index is 10.2. The second kappa shape index (κ2) is 35.0. The molecular weight excluding hydrogens is 445 g/mol. The Morgan fingerprint density at radius 1 is 0.485 bits per heavy atom. The van der Waals surface area contributed by atoms with Gasteiger partial charge in [0.15, 0.2) is 0 Å². The summed E-state index contributed by atoms with van der Waals surface area (Å²) in [6.45, 7) is 6.88. The summed E-state index contributed by atoms with van der Waals surface area (Å²) < 4.78 is 33.0. The molecule has 0 atom stereocenters. The van der Waals surface area contributed by atoms with Gasteiger partial charge in [0.25, 0.3) is 0 Å². The van der Waals surface area contributed by atoms with Crippen LogP contribution in [0.3, 0.4) is 0 Å². The van der Waals surface area contributed by atoms with Gasteiger partial charge in [-0.05, 0) is 6.42 Å². The summed E-state index contributed by atoms with van der Waals surface area (Å²) in [4.78, 5) is 0. The average Bonchev–Trinajstić information content (AvgIpc) is 2.73. The SMILES string of the molecule is CCCCCCCCCCCCCC.CCCCCCCCCCCCOS(=O)(=O)O.N.[NaH]. The van der Waals surface area contributed by atoms with Crippen molar-refractivity contribution in [1.29, 1.82) is 0 Å². The molecule has 7 heteroatoms. The van der Waals surface area contributed by atoms with Crippen LogP contribution < -0.4 is 6.15 Å². The summed E-state index contributed by atoms with van der Waals surface area (Å²) in [7, 11) is -4.23. The van der Waals surface area contributed by atoms with Crippen LogP contribution in [0, 0.1) is 0 Å². The van der Waals surface area contributed by atoms with Crippen LogP contribution >= 0.6 is 0 Å². The summed E-state index contributed by atoms with van der Waals surface area (Å²) in [5, 5.41) is 0. The molecule has 33 heavy (non-hydrogen) atoms. The van der Waals surface area contributed by atoms with Gasteiger partial charge in [0.1, 0.15) is 0 Å². The Kier molecular flexibility index (Phi) is 43.5. The number of hydrogen-bond donors (Lipinski definition) is 2. The van der Waals surface area contributed by atoms with Gasteiger partial charge >= 0.3 is 40.0 Å². The molecule has 0 saturated heterocycles. The van der Waals surface area contributed by atoms with Gasteiger partial charge in [0.05, 0.1) is 6.61 Å². The van der Waals surface area contributed by atoms with Gasteiger partial charge in [-0.25, -0.2) is 4.18 Å². The normalized spacial score (nSPS) is 10.7. The molecule has 0 saturated carbocycles. The van der Waals surface area contributed by atoms with Crippen molar-refractivity contribution in [1.82, 2.24) is 6.15 Å². The molecule has 0 heterocycles. The van der Waals surface area contributed by atoms with Gasteiger partial charge in [0, 0.05) is 0 Å². The topological polar surface area (TPSA) is 98.6 Å². The molecule has 0 aliphatic heterocycles. The van der Waals surface area contributed by atoms with Gasteiger partial charge < -0.3 is 6.15 Å². The molecule has 0 aliphatic rings. The predicted molar refractivity (Wildman–Crippen MR) is 148 cm³/mol. The minimum absolute atomic E-state index is 0. The Hall–Kier alpha value is 0.830. The van der Waals surface area contributed by atoms with E-state index in [9.17, 15) is 8.42 Å². The summed E-state index contributed by atoms with van der Waals surface area (Å²) in [5.41, 5.74) is 0. The van der Waals surface area contributed by atoms with E-state index in [1.807, 2.05) is 0 Å². The van der Waals surface area contributed by atoms with Crippen LogP contribution in [0.2, 0.25) is 0 Å². The van der Waals surface area contributed by atoms with Crippen LogP contribution in [0.5, 0.6) is 0 Å². The minimum atomic E-state index is -4.23. The van der Waals surface area contributed by atoms with E-state index in [4.69, 9.17) is 4.55 Å². The van der Waals surface area contributed by atoms with Crippen LogP contribution in [0.4, 0.5) is 0 Å². The van der Waals surface area contributed by atoms with Crippen LogP contribution in [0.1, 0.15) is 162 Å². The molecule has 0 rings (SSSR count). The van der Waals surface area contributed by atoms with E-state index in [1.54, 1.807) is 0 Å². The number of hydrogen-bond acceptors (Lipinski definition) is 4. The maximum absolute atomic E-state index is 10.2. The van der Waals surface area contributed by atoms with E-state index in [2.05, 4.69) is 25.0 Å². The van der Waals surface area contributed by atoms with Gasteiger partial charge in [-0.3, -0.25) is 4.55 Å². The van der Waals surface area contributed by atoms with Crippen LogP contribution in [-0.4, -0.2) is 49.1 Å². The predicted octanol–water partition coefficient (Wildman–Crippen LogP) is 8.95. The summed E-state index contributed by atoms with van der Waals surface area (Å²) in [5.74, 6) is 0. The third-order valence-electron chi connectivity index (χ3n) is 5.69. The second-order valence-corrected chi connectivity index (χ2v) is 10.1. The molecule has 0 aromatic carbocycles. The van der Waals surface area contributed by atoms with Crippen molar-refractivity contribution in [2.75, 3.05) is 6.61 Å². The fraction of sp³-hybridized carbons (Fsp3) is 1.00. The Bertz CT molecular complexity index is 411. The standard InChI is InChI=1S/C14H30.C12H26O4S.H3N.Na.H/c1-3-5-7-9-11-13-14-12-10-8-6-4-2;1-2-3-4-5-6-7-8-9-10-11-12-16-17(13,14)15;;;/h3-14H2,1-2H3;2-12H2,1H3,(H,13,14,15);1H3;;. The van der Waals surface area contributed by atoms with E-state index in [1.165, 1.54) is 122 Å². The molecule has 5 nitrogen and oxygen atoms in total. The van der Waals surface area contributed by atoms with E-state index in [-0.39, 0.29) is 42.3 Å². The first-order valence-corrected chi connectivity index (χ1v) is 15.0. The number of unbranched alkanes of at least 4 members (excludes halogenated alkanes) is 20. The first kappa shape index (κ1) is 41.0. The molecule has 0 aromatic rings. The van der Waals surface area contributed by atoms with Gasteiger partial charge in [-0.1, -0.05) is 156 Å². The molecular formula is C26H60NNaO4S. The molecule has 0 aliphatic carbocycles. The summed E-state index contributed by atoms with van der Waals surface area (Å²) >= 11 is 0. The molecule has 0 amide bonds. The van der Waals surface area contributed by atoms with Crippen molar-refractivity contribution < 1.29 is 17.2 Å². The van der Waals surface area contributed by atoms with Crippen molar-refractivity contribution in [2.45, 2.75) is 162 Å². The molecule has 0 bridgehead atoms. The van der Waals surface area contributed by atoms with Crippen LogP contribution in [0.25, 0.3) is 0 Å². The molecule has 0 radical (unpaired) electrons. The zero-order chi connectivity index (χ0) is 23.5. The molecule has 0 spiro atoms. The molecule has 0 aromatic heterocycles. The Balaban J connectivity index is -0.000000244. The van der Waals surface area contributed by atoms with E-state index in [0.29, 0.717) is 6.42 Å². The first-order valence-electron chi connectivity index (χ1n) is 13.6. The van der Waals surface area contributed by atoms with Gasteiger partial charge in [-0.15, -0.1) is 0 Å². The van der Waals surface area contributed by atoms with Crippen LogP contribution in [0.15, 0.2) is 0 Å². The summed E-state index contributed by atoms with van der Waals surface area (Å²) in [6.07, 6.45) is 29.3. The van der Waals surface area contributed by atoms with Crippen molar-refractivity contribution >= 4 is 40.0 Å². The van der Waals surface area contributed by atoms with Gasteiger partial charge in [-0.2, -0.15) is 8.42 Å². The zero-order valence-corrected chi connectivity index (χ0v) is 22.9. The van der Waals surface area contributed by atoms with Crippen LogP contribution in [-0.2, 0) is 14.6 Å². The fourth-order valence-electron chi connectivity index (χ4n) is 3.67. The fourth-order valence-corrected chi connectivity index (χ4v) is 4.00. The molecule has 0 unspecified atom stereocenters. The average molecular weight is 506 g/mol. The van der Waals surface area contributed by atoms with E-state index < -0.39 is 10.4 Å². The van der Waals surface area contributed by atoms with Crippen molar-refractivity contribution in [2.24, 2.45) is 0 Å². The van der Waals surface area contributed by atoms with E-state index >= 15 is 0 Å². The second-order valence-electron chi connectivity index (χ2n) is 8.97. The molecule has 0 fully saturated rings. The van der Waals surface area contributed by atoms with Crippen molar-refractivity contribution in [3.8, 4) is 0 Å². The Labute approximate surface area is 230 Å². The zero-order valence-electron chi connectivity index (χ0n) is 22.1. The van der Waals surface area contributed by atoms with Crippen molar-refractivity contribution in [3.63, 3.8) is 0 Å². The Morgan fingerprint density at radius 3 is 0.909 bits per heavy atom. The summed E-state index contributed by atoms with van der Waals surface area (Å²) in [6, 6.07) is 0. The monoisotopic (exact) mass is 505 g/mol. The molecule has 4 N–H and O–H groups in total. The van der Waals surface area contributed by atoms with Crippen molar-refractivity contribution in [3.05, 3.63) is 0 Å². The Morgan fingerprint density at radius 2 is 0.697 bits per heavy atom. The first-order chi connectivity index (χ1) is 15.0. The number of rotatable bonds is 23. The third-order valence-corrected chi connectivity index (χ3v) is 6.15. The molecule has 200 valence electrons.